The van der Waals surface area contributed by atoms with Crippen LogP contribution in [0.25, 0.3) is 11.3 Å². The molecule has 0 saturated carbocycles. The minimum absolute atomic E-state index is 0.464. The van der Waals surface area contributed by atoms with Gasteiger partial charge >= 0.3 is 0 Å². The second kappa shape index (κ2) is 4.74. The highest BCUT2D eigenvalue weighted by atomic mass is 15.1. The molecule has 104 valence electrons. The fourth-order valence-corrected chi connectivity index (χ4v) is 3.68. The number of benzene rings is 1. The number of nitrogens with one attached hydrogen (secondary N) is 2. The minimum Gasteiger partial charge on any atom is -0.309 e. The second-order valence-corrected chi connectivity index (χ2v) is 6.10. The SMILES string of the molecule is Cc1c(-c2ccc3c(c2)CCC3)n[nH]c1C1CCCN1. The van der Waals surface area contributed by atoms with Gasteiger partial charge in [-0.3, -0.25) is 5.10 Å². The number of aromatic amines is 1. The average molecular weight is 267 g/mol. The summed E-state index contributed by atoms with van der Waals surface area (Å²) in [6, 6.07) is 7.33. The normalized spacial score (nSPS) is 21.4. The zero-order valence-electron chi connectivity index (χ0n) is 12.0. The van der Waals surface area contributed by atoms with Crippen LogP contribution in [0.3, 0.4) is 0 Å². The topological polar surface area (TPSA) is 40.7 Å². The van der Waals surface area contributed by atoms with Crippen molar-refractivity contribution in [2.24, 2.45) is 0 Å². The lowest BCUT2D eigenvalue weighted by atomic mass is 10.00. The maximum atomic E-state index is 4.59. The van der Waals surface area contributed by atoms with Crippen LogP contribution in [0, 0.1) is 6.92 Å². The molecule has 1 aliphatic carbocycles. The molecule has 0 bridgehead atoms. The highest BCUT2D eigenvalue weighted by molar-refractivity contribution is 5.65. The monoisotopic (exact) mass is 267 g/mol. The molecule has 1 aromatic heterocycles. The number of H-pyrrole nitrogens is 1. The van der Waals surface area contributed by atoms with Crippen LogP contribution in [0.5, 0.6) is 0 Å². The Morgan fingerprint density at radius 3 is 2.90 bits per heavy atom. The molecule has 1 aliphatic heterocycles. The first-order chi connectivity index (χ1) is 9.83. The lowest BCUT2D eigenvalue weighted by Gasteiger charge is -2.09. The number of aromatic nitrogens is 2. The average Bonchev–Trinajstić information content (AvgIpc) is 3.17. The number of nitrogens with zero attached hydrogens (tertiary/aromatic N) is 1. The number of rotatable bonds is 2. The Kier molecular flexibility index (Phi) is 2.88. The zero-order chi connectivity index (χ0) is 13.5. The Morgan fingerprint density at radius 1 is 1.15 bits per heavy atom. The minimum atomic E-state index is 0.464. The third-order valence-electron chi connectivity index (χ3n) is 4.83. The van der Waals surface area contributed by atoms with Gasteiger partial charge < -0.3 is 5.32 Å². The lowest BCUT2D eigenvalue weighted by molar-refractivity contribution is 0.622. The highest BCUT2D eigenvalue weighted by Gasteiger charge is 2.22. The van der Waals surface area contributed by atoms with Crippen LogP contribution >= 0.6 is 0 Å². The van der Waals surface area contributed by atoms with Gasteiger partial charge in [0.1, 0.15) is 0 Å². The summed E-state index contributed by atoms with van der Waals surface area (Å²) < 4.78 is 0. The van der Waals surface area contributed by atoms with Crippen molar-refractivity contribution >= 4 is 0 Å². The molecule has 1 aromatic carbocycles. The van der Waals surface area contributed by atoms with Gasteiger partial charge in [0.05, 0.1) is 11.4 Å². The molecule has 0 amide bonds. The maximum Gasteiger partial charge on any atom is 0.0953 e. The first kappa shape index (κ1) is 12.2. The van der Waals surface area contributed by atoms with Crippen molar-refractivity contribution in [1.29, 1.82) is 0 Å². The molecular formula is C17H21N3. The van der Waals surface area contributed by atoms with E-state index in [4.69, 9.17) is 0 Å². The van der Waals surface area contributed by atoms with Gasteiger partial charge in [-0.1, -0.05) is 12.1 Å². The van der Waals surface area contributed by atoms with Crippen LogP contribution in [-0.4, -0.2) is 16.7 Å². The summed E-state index contributed by atoms with van der Waals surface area (Å²) in [5, 5.41) is 11.4. The molecule has 2 N–H and O–H groups in total. The molecule has 2 aliphatic rings. The third kappa shape index (κ3) is 1.88. The first-order valence-electron chi connectivity index (χ1n) is 7.73. The molecule has 20 heavy (non-hydrogen) atoms. The number of aryl methyl sites for hydroxylation is 2. The van der Waals surface area contributed by atoms with Crippen molar-refractivity contribution in [3.63, 3.8) is 0 Å². The van der Waals surface area contributed by atoms with Crippen molar-refractivity contribution < 1.29 is 0 Å². The van der Waals surface area contributed by atoms with E-state index in [1.807, 2.05) is 0 Å². The summed E-state index contributed by atoms with van der Waals surface area (Å²) >= 11 is 0. The second-order valence-electron chi connectivity index (χ2n) is 6.10. The quantitative estimate of drug-likeness (QED) is 0.876. The highest BCUT2D eigenvalue weighted by Crippen LogP contribution is 2.32. The summed E-state index contributed by atoms with van der Waals surface area (Å²) in [4.78, 5) is 0. The summed E-state index contributed by atoms with van der Waals surface area (Å²) in [5.74, 6) is 0. The lowest BCUT2D eigenvalue weighted by Crippen LogP contribution is -2.14. The van der Waals surface area contributed by atoms with E-state index in [-0.39, 0.29) is 0 Å². The van der Waals surface area contributed by atoms with Crippen LogP contribution in [-0.2, 0) is 12.8 Å². The molecule has 3 nitrogen and oxygen atoms in total. The fourth-order valence-electron chi connectivity index (χ4n) is 3.68. The van der Waals surface area contributed by atoms with Crippen molar-refractivity contribution in [3.05, 3.63) is 40.6 Å². The molecule has 0 radical (unpaired) electrons. The Hall–Kier alpha value is -1.61. The maximum absolute atomic E-state index is 4.59. The van der Waals surface area contributed by atoms with Crippen LogP contribution in [0.1, 0.15) is 47.7 Å². The van der Waals surface area contributed by atoms with Crippen molar-refractivity contribution in [2.45, 2.75) is 45.1 Å². The van der Waals surface area contributed by atoms with Crippen molar-refractivity contribution in [1.82, 2.24) is 15.5 Å². The van der Waals surface area contributed by atoms with E-state index in [1.165, 1.54) is 60.1 Å². The molecule has 0 spiro atoms. The molecule has 1 atom stereocenters. The van der Waals surface area contributed by atoms with Gasteiger partial charge in [0.15, 0.2) is 0 Å². The molecule has 2 aromatic rings. The third-order valence-corrected chi connectivity index (χ3v) is 4.83. The molecule has 1 saturated heterocycles. The van der Waals surface area contributed by atoms with Crippen LogP contribution in [0.2, 0.25) is 0 Å². The summed E-state index contributed by atoms with van der Waals surface area (Å²) in [5.41, 5.74) is 8.03. The number of hydrogen-bond acceptors (Lipinski definition) is 2. The van der Waals surface area contributed by atoms with Gasteiger partial charge in [-0.05, 0) is 68.3 Å². The zero-order valence-corrected chi connectivity index (χ0v) is 12.0. The van der Waals surface area contributed by atoms with Gasteiger partial charge in [-0.15, -0.1) is 0 Å². The number of hydrogen-bond donors (Lipinski definition) is 2. The van der Waals surface area contributed by atoms with Gasteiger partial charge in [0.25, 0.3) is 0 Å². The summed E-state index contributed by atoms with van der Waals surface area (Å²) in [6.07, 6.45) is 6.25. The fraction of sp³-hybridized carbons (Fsp3) is 0.471. The van der Waals surface area contributed by atoms with Crippen molar-refractivity contribution in [3.8, 4) is 11.3 Å². The van der Waals surface area contributed by atoms with E-state index >= 15 is 0 Å². The van der Waals surface area contributed by atoms with E-state index in [1.54, 1.807) is 0 Å². The smallest absolute Gasteiger partial charge is 0.0953 e. The van der Waals surface area contributed by atoms with Gasteiger partial charge in [0.2, 0.25) is 0 Å². The van der Waals surface area contributed by atoms with E-state index in [9.17, 15) is 0 Å². The summed E-state index contributed by atoms with van der Waals surface area (Å²) in [6.45, 7) is 3.32. The van der Waals surface area contributed by atoms with Gasteiger partial charge in [0, 0.05) is 11.6 Å². The summed E-state index contributed by atoms with van der Waals surface area (Å²) in [7, 11) is 0. The van der Waals surface area contributed by atoms with Crippen LogP contribution < -0.4 is 5.32 Å². The molecule has 1 fully saturated rings. The Morgan fingerprint density at radius 2 is 2.05 bits per heavy atom. The van der Waals surface area contributed by atoms with E-state index in [2.05, 4.69) is 40.6 Å². The van der Waals surface area contributed by atoms with Gasteiger partial charge in [-0.25, -0.2) is 0 Å². The van der Waals surface area contributed by atoms with Crippen LogP contribution in [0.4, 0.5) is 0 Å². The Labute approximate surface area is 119 Å². The largest absolute Gasteiger partial charge is 0.309 e. The molecule has 2 heterocycles. The van der Waals surface area contributed by atoms with Crippen LogP contribution in [0.15, 0.2) is 18.2 Å². The number of fused-ring (bicyclic) bond motifs is 1. The predicted octanol–water partition coefficient (Wildman–Crippen LogP) is 3.30. The molecule has 4 rings (SSSR count). The Bertz CT molecular complexity index is 636. The standard InChI is InChI=1S/C17H21N3/c1-11-16(19-20-17(11)15-6-3-9-18-15)14-8-7-12-4-2-5-13(12)10-14/h7-8,10,15,18H,2-6,9H2,1H3,(H,19,20). The molecule has 1 unspecified atom stereocenters. The van der Waals surface area contributed by atoms with Gasteiger partial charge in [-0.2, -0.15) is 5.10 Å². The first-order valence-corrected chi connectivity index (χ1v) is 7.73. The van der Waals surface area contributed by atoms with Crippen molar-refractivity contribution in [2.75, 3.05) is 6.54 Å². The molecular weight excluding hydrogens is 246 g/mol. The Balaban J connectivity index is 1.72. The molecule has 3 heteroatoms. The van der Waals surface area contributed by atoms with E-state index in [0.29, 0.717) is 6.04 Å². The van der Waals surface area contributed by atoms with E-state index < -0.39 is 0 Å². The predicted molar refractivity (Wildman–Crippen MR) is 80.8 cm³/mol. The van der Waals surface area contributed by atoms with E-state index in [0.717, 1.165) is 12.2 Å².